The maximum atomic E-state index is 12.6. The molecule has 3 aromatic rings. The third-order valence-electron chi connectivity index (χ3n) is 4.35. The molecule has 0 saturated carbocycles. The maximum absolute atomic E-state index is 12.6. The highest BCUT2D eigenvalue weighted by Crippen LogP contribution is 2.16. The molecule has 2 aromatic heterocycles. The molecule has 146 valence electrons. The molecule has 6 heteroatoms. The van der Waals surface area contributed by atoms with Crippen molar-refractivity contribution < 1.29 is 4.79 Å². The van der Waals surface area contributed by atoms with Crippen molar-refractivity contribution in [2.24, 2.45) is 0 Å². The average molecular weight is 385 g/mol. The molecule has 0 spiro atoms. The minimum absolute atomic E-state index is 0.0565. The molecule has 0 fully saturated rings. The lowest BCUT2D eigenvalue weighted by Crippen LogP contribution is -2.08. The molecule has 3 rings (SSSR count). The number of rotatable bonds is 8. The summed E-state index contributed by atoms with van der Waals surface area (Å²) < 4.78 is 0. The van der Waals surface area contributed by atoms with Gasteiger partial charge < -0.3 is 11.1 Å². The van der Waals surface area contributed by atoms with E-state index in [1.165, 1.54) is 0 Å². The predicted molar refractivity (Wildman–Crippen MR) is 114 cm³/mol. The number of nitrogens with two attached hydrogens (primary N) is 1. The van der Waals surface area contributed by atoms with Crippen LogP contribution in [0.1, 0.15) is 40.7 Å². The number of carbonyl (C=O) groups excluding carboxylic acids is 1. The van der Waals surface area contributed by atoms with E-state index in [1.807, 2.05) is 43.3 Å². The van der Waals surface area contributed by atoms with Crippen molar-refractivity contribution in [3.63, 3.8) is 0 Å². The number of pyridine rings is 1. The first-order chi connectivity index (χ1) is 14.2. The highest BCUT2D eigenvalue weighted by atomic mass is 16.1. The average Bonchev–Trinajstić information content (AvgIpc) is 2.74. The minimum atomic E-state index is -0.0565. The highest BCUT2D eigenvalue weighted by Gasteiger charge is 2.10. The summed E-state index contributed by atoms with van der Waals surface area (Å²) >= 11 is 0. The van der Waals surface area contributed by atoms with Gasteiger partial charge >= 0.3 is 0 Å². The Bertz CT molecular complexity index is 1030. The van der Waals surface area contributed by atoms with Gasteiger partial charge in [-0.15, -0.1) is 11.8 Å². The zero-order valence-electron chi connectivity index (χ0n) is 16.4. The van der Waals surface area contributed by atoms with Crippen LogP contribution in [0.15, 0.2) is 55.0 Å². The molecular formula is C23H23N5O. The van der Waals surface area contributed by atoms with E-state index in [9.17, 15) is 4.79 Å². The third-order valence-corrected chi connectivity index (χ3v) is 4.35. The Hall–Kier alpha value is -3.72. The van der Waals surface area contributed by atoms with Gasteiger partial charge in [-0.1, -0.05) is 24.3 Å². The van der Waals surface area contributed by atoms with Gasteiger partial charge in [0.1, 0.15) is 11.5 Å². The van der Waals surface area contributed by atoms with Crippen molar-refractivity contribution in [3.05, 3.63) is 77.5 Å². The van der Waals surface area contributed by atoms with Gasteiger partial charge in [0.25, 0.3) is 0 Å². The van der Waals surface area contributed by atoms with Gasteiger partial charge in [-0.05, 0) is 30.2 Å². The van der Waals surface area contributed by atoms with E-state index in [2.05, 4.69) is 32.1 Å². The number of nitrogen functional groups attached to an aromatic ring is 1. The standard InChI is InChI=1S/C23H23N5O/c1-2-3-4-9-19-15-28-21(16-26-19)22(29)13-17-7-5-8-18(12-17)14-27-20-10-6-11-25-23(20)24/h5-8,10-12,15-16,27H,4,9,13-14H2,1H3,(H2,24,25). The summed E-state index contributed by atoms with van der Waals surface area (Å²) in [7, 11) is 0. The molecular weight excluding hydrogens is 362 g/mol. The van der Waals surface area contributed by atoms with Crippen molar-refractivity contribution in [3.8, 4) is 11.8 Å². The molecule has 0 aliphatic heterocycles. The lowest BCUT2D eigenvalue weighted by atomic mass is 10.0. The number of ketones is 1. The molecule has 6 nitrogen and oxygen atoms in total. The molecule has 0 amide bonds. The van der Waals surface area contributed by atoms with Crippen LogP contribution >= 0.6 is 0 Å². The van der Waals surface area contributed by atoms with Gasteiger partial charge in [0.05, 0.1) is 17.6 Å². The van der Waals surface area contributed by atoms with E-state index in [0.717, 1.165) is 35.3 Å². The summed E-state index contributed by atoms with van der Waals surface area (Å²) in [6.45, 7) is 2.40. The Morgan fingerprint density at radius 1 is 1.10 bits per heavy atom. The molecule has 3 N–H and O–H groups in total. The summed E-state index contributed by atoms with van der Waals surface area (Å²) in [4.78, 5) is 25.2. The smallest absolute Gasteiger partial charge is 0.187 e. The van der Waals surface area contributed by atoms with E-state index >= 15 is 0 Å². The van der Waals surface area contributed by atoms with Gasteiger partial charge in [0.15, 0.2) is 5.78 Å². The van der Waals surface area contributed by atoms with Crippen LogP contribution in [0, 0.1) is 11.8 Å². The quantitative estimate of drug-likeness (QED) is 0.456. The summed E-state index contributed by atoms with van der Waals surface area (Å²) in [5, 5.41) is 3.26. The number of nitrogens with one attached hydrogen (secondary N) is 1. The van der Waals surface area contributed by atoms with Crippen LogP contribution in [0.2, 0.25) is 0 Å². The van der Waals surface area contributed by atoms with Crippen molar-refractivity contribution in [1.29, 1.82) is 0 Å². The monoisotopic (exact) mass is 385 g/mol. The van der Waals surface area contributed by atoms with Crippen LogP contribution in [0.5, 0.6) is 0 Å². The van der Waals surface area contributed by atoms with E-state index in [1.54, 1.807) is 18.6 Å². The second kappa shape index (κ2) is 10.00. The van der Waals surface area contributed by atoms with Crippen LogP contribution in [0.3, 0.4) is 0 Å². The number of nitrogens with zero attached hydrogens (tertiary/aromatic N) is 3. The lowest BCUT2D eigenvalue weighted by Gasteiger charge is -2.09. The van der Waals surface area contributed by atoms with Crippen molar-refractivity contribution in [2.75, 3.05) is 11.1 Å². The van der Waals surface area contributed by atoms with Gasteiger partial charge in [0.2, 0.25) is 0 Å². The number of benzene rings is 1. The fraction of sp³-hybridized carbons (Fsp3) is 0.217. The number of hydrogen-bond acceptors (Lipinski definition) is 6. The topological polar surface area (TPSA) is 93.8 Å². The number of anilines is 2. The lowest BCUT2D eigenvalue weighted by molar-refractivity contribution is 0.0988. The number of aromatic nitrogens is 3. The fourth-order valence-corrected chi connectivity index (χ4v) is 2.83. The number of hydrogen-bond donors (Lipinski definition) is 2. The predicted octanol–water partition coefficient (Wildman–Crippen LogP) is 3.45. The zero-order valence-corrected chi connectivity index (χ0v) is 16.4. The number of aryl methyl sites for hydroxylation is 1. The number of carbonyl (C=O) groups is 1. The van der Waals surface area contributed by atoms with Gasteiger partial charge in [-0.25, -0.2) is 9.97 Å². The summed E-state index contributed by atoms with van der Waals surface area (Å²) in [6.07, 6.45) is 6.61. The van der Waals surface area contributed by atoms with Crippen molar-refractivity contribution in [1.82, 2.24) is 15.0 Å². The third kappa shape index (κ3) is 5.88. The Labute approximate surface area is 170 Å². The fourth-order valence-electron chi connectivity index (χ4n) is 2.83. The summed E-state index contributed by atoms with van der Waals surface area (Å²) in [6, 6.07) is 11.6. The molecule has 2 heterocycles. The first kappa shape index (κ1) is 20.0. The molecule has 1 aromatic carbocycles. The van der Waals surface area contributed by atoms with Gasteiger partial charge in [-0.3, -0.25) is 9.78 Å². The van der Waals surface area contributed by atoms with E-state index in [4.69, 9.17) is 5.73 Å². The molecule has 0 atom stereocenters. The van der Waals surface area contributed by atoms with E-state index in [-0.39, 0.29) is 12.2 Å². The van der Waals surface area contributed by atoms with Crippen LogP contribution in [0.25, 0.3) is 0 Å². The van der Waals surface area contributed by atoms with Crippen LogP contribution in [-0.4, -0.2) is 20.7 Å². The Kier molecular flexibility index (Phi) is 6.90. The second-order valence-electron chi connectivity index (χ2n) is 6.53. The Morgan fingerprint density at radius 3 is 2.72 bits per heavy atom. The van der Waals surface area contributed by atoms with Crippen LogP contribution < -0.4 is 11.1 Å². The van der Waals surface area contributed by atoms with E-state index < -0.39 is 0 Å². The normalized spacial score (nSPS) is 10.1. The van der Waals surface area contributed by atoms with Gasteiger partial charge in [0, 0.05) is 38.2 Å². The maximum Gasteiger partial charge on any atom is 0.187 e. The summed E-state index contributed by atoms with van der Waals surface area (Å²) in [5.74, 6) is 6.25. The summed E-state index contributed by atoms with van der Waals surface area (Å²) in [5.41, 5.74) is 9.84. The molecule has 0 bridgehead atoms. The van der Waals surface area contributed by atoms with E-state index in [0.29, 0.717) is 18.1 Å². The second-order valence-corrected chi connectivity index (χ2v) is 6.53. The molecule has 29 heavy (non-hydrogen) atoms. The molecule has 0 unspecified atom stereocenters. The Balaban J connectivity index is 1.59. The largest absolute Gasteiger partial charge is 0.382 e. The Morgan fingerprint density at radius 2 is 1.97 bits per heavy atom. The van der Waals surface area contributed by atoms with Gasteiger partial charge in [-0.2, -0.15) is 0 Å². The molecule has 0 aliphatic rings. The highest BCUT2D eigenvalue weighted by molar-refractivity contribution is 5.95. The number of Topliss-reactive ketones (excluding diaryl/α,β-unsaturated/α-hetero) is 1. The first-order valence-electron chi connectivity index (χ1n) is 9.41. The minimum Gasteiger partial charge on any atom is -0.382 e. The zero-order chi connectivity index (χ0) is 20.5. The van der Waals surface area contributed by atoms with Crippen LogP contribution in [-0.2, 0) is 19.4 Å². The van der Waals surface area contributed by atoms with Crippen molar-refractivity contribution in [2.45, 2.75) is 32.7 Å². The molecule has 0 saturated heterocycles. The first-order valence-corrected chi connectivity index (χ1v) is 9.41. The SMILES string of the molecule is CC#CCCc1cnc(C(=O)Cc2cccc(CNc3cccnc3N)c2)cn1. The molecule has 0 radical (unpaired) electrons. The van der Waals surface area contributed by atoms with Crippen LogP contribution in [0.4, 0.5) is 11.5 Å². The van der Waals surface area contributed by atoms with Crippen molar-refractivity contribution >= 4 is 17.3 Å². The molecule has 0 aliphatic carbocycles.